The lowest BCUT2D eigenvalue weighted by atomic mass is 10.1. The summed E-state index contributed by atoms with van der Waals surface area (Å²) in [5, 5.41) is 2.64. The zero-order valence-electron chi connectivity index (χ0n) is 15.0. The van der Waals surface area contributed by atoms with Crippen LogP contribution in [0.3, 0.4) is 0 Å². The number of hydrogen-bond donors (Lipinski definition) is 1. The maximum Gasteiger partial charge on any atom is 0.321 e. The third kappa shape index (κ3) is 3.61. The van der Waals surface area contributed by atoms with Gasteiger partial charge in [-0.3, -0.25) is 9.69 Å². The molecule has 0 saturated carbocycles. The summed E-state index contributed by atoms with van der Waals surface area (Å²) in [6.45, 7) is 1.31. The highest BCUT2D eigenvalue weighted by atomic mass is 19.1. The Morgan fingerprint density at radius 3 is 2.64 bits per heavy atom. The fourth-order valence-corrected chi connectivity index (χ4v) is 3.70. The molecule has 0 aliphatic carbocycles. The minimum Gasteiger partial charge on any atom is -0.345 e. The van der Waals surface area contributed by atoms with Gasteiger partial charge in [-0.15, -0.1) is 0 Å². The quantitative estimate of drug-likeness (QED) is 0.892. The molecule has 2 aliphatic rings. The number of nitrogens with zero attached hydrogens (tertiary/aromatic N) is 3. The van der Waals surface area contributed by atoms with Gasteiger partial charge in [-0.25, -0.2) is 9.18 Å². The van der Waals surface area contributed by atoms with Crippen molar-refractivity contribution in [3.05, 3.63) is 29.6 Å². The van der Waals surface area contributed by atoms with E-state index in [0.717, 1.165) is 12.8 Å². The number of likely N-dealkylation sites (tertiary alicyclic amines) is 1. The van der Waals surface area contributed by atoms with Crippen LogP contribution in [0, 0.1) is 5.82 Å². The van der Waals surface area contributed by atoms with E-state index >= 15 is 0 Å². The molecular weight excluding hydrogens is 323 g/mol. The third-order valence-electron chi connectivity index (χ3n) is 5.30. The van der Waals surface area contributed by atoms with E-state index < -0.39 is 5.82 Å². The number of likely N-dealkylation sites (N-methyl/N-ethyl adjacent to an activating group) is 1. The maximum atomic E-state index is 14.1. The molecular formula is C18H25FN4O2. The second-order valence-electron chi connectivity index (χ2n) is 7.11. The number of nitrogens with one attached hydrogen (secondary N) is 1. The molecule has 2 heterocycles. The Labute approximate surface area is 147 Å². The van der Waals surface area contributed by atoms with E-state index in [0.29, 0.717) is 30.7 Å². The molecule has 2 atom stereocenters. The van der Waals surface area contributed by atoms with Gasteiger partial charge in [0.25, 0.3) is 5.91 Å². The number of amides is 3. The highest BCUT2D eigenvalue weighted by Crippen LogP contribution is 2.29. The molecule has 1 aromatic carbocycles. The van der Waals surface area contributed by atoms with Crippen LogP contribution in [-0.2, 0) is 0 Å². The van der Waals surface area contributed by atoms with E-state index in [2.05, 4.69) is 17.3 Å². The number of rotatable bonds is 2. The molecule has 7 heteroatoms. The summed E-state index contributed by atoms with van der Waals surface area (Å²) in [5.41, 5.74) is 0.386. The molecule has 0 radical (unpaired) electrons. The Morgan fingerprint density at radius 2 is 1.92 bits per heavy atom. The second kappa shape index (κ2) is 7.00. The van der Waals surface area contributed by atoms with Crippen LogP contribution in [0.25, 0.3) is 0 Å². The highest BCUT2D eigenvalue weighted by molar-refractivity contribution is 5.96. The Bertz CT molecular complexity index is 679. The highest BCUT2D eigenvalue weighted by Gasteiger charge is 2.36. The predicted octanol–water partition coefficient (Wildman–Crippen LogP) is 2.23. The van der Waals surface area contributed by atoms with Gasteiger partial charge >= 0.3 is 6.03 Å². The van der Waals surface area contributed by atoms with Gasteiger partial charge in [-0.2, -0.15) is 0 Å². The number of urea groups is 1. The second-order valence-corrected chi connectivity index (χ2v) is 7.11. The number of anilines is 1. The van der Waals surface area contributed by atoms with Gasteiger partial charge in [-0.05, 0) is 44.5 Å². The van der Waals surface area contributed by atoms with Gasteiger partial charge in [0.05, 0.1) is 5.69 Å². The number of hydrogen-bond acceptors (Lipinski definition) is 3. The molecule has 3 rings (SSSR count). The molecule has 1 N–H and O–H groups in total. The van der Waals surface area contributed by atoms with Gasteiger partial charge in [0.1, 0.15) is 5.82 Å². The number of halogens is 1. The van der Waals surface area contributed by atoms with Crippen LogP contribution in [-0.4, -0.2) is 73.0 Å². The Morgan fingerprint density at radius 1 is 1.20 bits per heavy atom. The van der Waals surface area contributed by atoms with E-state index in [1.165, 1.54) is 29.5 Å². The van der Waals surface area contributed by atoms with Crippen molar-refractivity contribution < 1.29 is 14.0 Å². The summed E-state index contributed by atoms with van der Waals surface area (Å²) in [6.07, 6.45) is 3.20. The smallest absolute Gasteiger partial charge is 0.321 e. The molecule has 6 nitrogen and oxygen atoms in total. The summed E-state index contributed by atoms with van der Waals surface area (Å²) in [7, 11) is 5.37. The van der Waals surface area contributed by atoms with Crippen molar-refractivity contribution in [3.8, 4) is 0 Å². The zero-order chi connectivity index (χ0) is 18.1. The first-order chi connectivity index (χ1) is 11.9. The summed E-state index contributed by atoms with van der Waals surface area (Å²) >= 11 is 0. The van der Waals surface area contributed by atoms with Crippen LogP contribution < -0.4 is 5.32 Å². The molecule has 0 aromatic heterocycles. The average Bonchev–Trinajstić information content (AvgIpc) is 2.81. The normalized spacial score (nSPS) is 23.3. The first-order valence-corrected chi connectivity index (χ1v) is 8.66. The molecule has 1 aromatic rings. The monoisotopic (exact) mass is 348 g/mol. The minimum absolute atomic E-state index is 0.0421. The topological polar surface area (TPSA) is 55.9 Å². The molecule has 25 heavy (non-hydrogen) atoms. The Hall–Kier alpha value is -2.15. The van der Waals surface area contributed by atoms with Crippen LogP contribution in [0.2, 0.25) is 0 Å². The lowest BCUT2D eigenvalue weighted by Crippen LogP contribution is -2.41. The van der Waals surface area contributed by atoms with E-state index in [4.69, 9.17) is 0 Å². The van der Waals surface area contributed by atoms with E-state index in [9.17, 15) is 14.0 Å². The molecule has 2 fully saturated rings. The third-order valence-corrected chi connectivity index (χ3v) is 5.30. The van der Waals surface area contributed by atoms with Crippen molar-refractivity contribution in [3.63, 3.8) is 0 Å². The lowest BCUT2D eigenvalue weighted by molar-refractivity contribution is 0.0827. The van der Waals surface area contributed by atoms with E-state index in [1.807, 2.05) is 0 Å². The number of carbonyl (C=O) groups excluding carboxylic acids is 2. The van der Waals surface area contributed by atoms with Crippen molar-refractivity contribution in [2.75, 3.05) is 39.5 Å². The van der Waals surface area contributed by atoms with Crippen molar-refractivity contribution in [2.24, 2.45) is 0 Å². The zero-order valence-corrected chi connectivity index (χ0v) is 15.0. The molecule has 136 valence electrons. The Balaban J connectivity index is 1.72. The largest absolute Gasteiger partial charge is 0.345 e. The predicted molar refractivity (Wildman–Crippen MR) is 94.2 cm³/mol. The first kappa shape index (κ1) is 17.7. The average molecular weight is 348 g/mol. The van der Waals surface area contributed by atoms with Gasteiger partial charge in [0, 0.05) is 44.8 Å². The van der Waals surface area contributed by atoms with Gasteiger partial charge < -0.3 is 15.1 Å². The van der Waals surface area contributed by atoms with Crippen LogP contribution in [0.5, 0.6) is 0 Å². The van der Waals surface area contributed by atoms with Crippen molar-refractivity contribution in [1.29, 1.82) is 0 Å². The van der Waals surface area contributed by atoms with Crippen LogP contribution in [0.15, 0.2) is 18.2 Å². The van der Waals surface area contributed by atoms with Crippen LogP contribution in [0.4, 0.5) is 14.9 Å². The minimum atomic E-state index is -0.544. The molecule has 0 spiro atoms. The number of carbonyl (C=O) groups is 2. The van der Waals surface area contributed by atoms with Crippen molar-refractivity contribution in [2.45, 2.75) is 31.3 Å². The molecule has 2 bridgehead atoms. The molecule has 2 aliphatic heterocycles. The summed E-state index contributed by atoms with van der Waals surface area (Å²) < 4.78 is 14.1. The van der Waals surface area contributed by atoms with Crippen molar-refractivity contribution in [1.82, 2.24) is 14.7 Å². The standard InChI is InChI=1S/C18H25FN4O2/c1-21(2)17(24)12-4-7-15(19)16(10-12)20-18(25)23-9-8-13-5-6-14(11-23)22(13)3/h4,7,10,13-14H,5-6,8-9,11H2,1-3H3,(H,20,25). The SMILES string of the molecule is CN(C)C(=O)c1ccc(F)c(NC(=O)N2CCC3CCC(C2)N3C)c1. The molecule has 2 saturated heterocycles. The van der Waals surface area contributed by atoms with Crippen molar-refractivity contribution >= 4 is 17.6 Å². The Kier molecular flexibility index (Phi) is 4.94. The number of benzene rings is 1. The van der Waals surface area contributed by atoms with Gasteiger partial charge in [0.2, 0.25) is 0 Å². The summed E-state index contributed by atoms with van der Waals surface area (Å²) in [5.74, 6) is -0.777. The van der Waals surface area contributed by atoms with Crippen LogP contribution >= 0.6 is 0 Å². The lowest BCUT2D eigenvalue weighted by Gasteiger charge is -2.26. The van der Waals surface area contributed by atoms with Gasteiger partial charge in [-0.1, -0.05) is 0 Å². The number of fused-ring (bicyclic) bond motifs is 2. The first-order valence-electron chi connectivity index (χ1n) is 8.66. The molecule has 2 unspecified atom stereocenters. The van der Waals surface area contributed by atoms with E-state index in [-0.39, 0.29) is 17.6 Å². The van der Waals surface area contributed by atoms with E-state index in [1.54, 1.807) is 19.0 Å². The van der Waals surface area contributed by atoms with Gasteiger partial charge in [0.15, 0.2) is 0 Å². The molecule has 3 amide bonds. The fraction of sp³-hybridized carbons (Fsp3) is 0.556. The van der Waals surface area contributed by atoms with Crippen LogP contribution in [0.1, 0.15) is 29.6 Å². The fourth-order valence-electron chi connectivity index (χ4n) is 3.70. The summed E-state index contributed by atoms with van der Waals surface area (Å²) in [4.78, 5) is 30.2. The maximum absolute atomic E-state index is 14.1. The summed E-state index contributed by atoms with van der Waals surface area (Å²) in [6, 6.07) is 4.61.